The van der Waals surface area contributed by atoms with Gasteiger partial charge in [0.05, 0.1) is 12.5 Å². The highest BCUT2D eigenvalue weighted by Gasteiger charge is 2.26. The van der Waals surface area contributed by atoms with Crippen molar-refractivity contribution in [3.05, 3.63) is 29.8 Å². The average Bonchev–Trinajstić information content (AvgIpc) is 2.42. The molecule has 0 unspecified atom stereocenters. The van der Waals surface area contributed by atoms with Crippen LogP contribution in [0.3, 0.4) is 0 Å². The van der Waals surface area contributed by atoms with E-state index in [-0.39, 0.29) is 34.6 Å². The summed E-state index contributed by atoms with van der Waals surface area (Å²) in [5.41, 5.74) is 0.0651. The zero-order valence-electron chi connectivity index (χ0n) is 15.2. The second-order valence-electron chi connectivity index (χ2n) is 6.86. The Morgan fingerprint density at radius 3 is 2.28 bits per heavy atom. The lowest BCUT2D eigenvalue weighted by Crippen LogP contribution is -2.33. The number of alkyl halides is 2. The van der Waals surface area contributed by atoms with Gasteiger partial charge in [0.1, 0.15) is 11.5 Å². The van der Waals surface area contributed by atoms with Gasteiger partial charge in [-0.1, -0.05) is 39.8 Å². The number of carbonyl (C=O) groups is 2. The second-order valence-corrected chi connectivity index (χ2v) is 6.86. The van der Waals surface area contributed by atoms with Crippen molar-refractivity contribution in [3.8, 4) is 5.75 Å². The third-order valence-corrected chi connectivity index (χ3v) is 3.46. The Morgan fingerprint density at radius 1 is 1.20 bits per heavy atom. The third kappa shape index (κ3) is 8.05. The first kappa shape index (κ1) is 22.9. The molecular formula is C18H26F3NO3. The van der Waals surface area contributed by atoms with Crippen LogP contribution in [0, 0.1) is 5.41 Å². The number of benzene rings is 1. The lowest BCUT2D eigenvalue weighted by atomic mass is 9.89. The van der Waals surface area contributed by atoms with Gasteiger partial charge in [0, 0.05) is 12.3 Å². The number of halogens is 3. The molecule has 0 fully saturated rings. The first-order chi connectivity index (χ1) is 10.9. The van der Waals surface area contributed by atoms with Crippen LogP contribution < -0.4 is 10.1 Å². The molecule has 0 heterocycles. The smallest absolute Gasteiger partial charge is 0.394 e. The number of hydrogen-bond acceptors (Lipinski definition) is 3. The summed E-state index contributed by atoms with van der Waals surface area (Å²) in [5, 5.41) is 2.77. The van der Waals surface area contributed by atoms with E-state index in [0.29, 0.717) is 18.9 Å². The summed E-state index contributed by atoms with van der Waals surface area (Å²) in [7, 11) is 0. The van der Waals surface area contributed by atoms with E-state index in [1.165, 1.54) is 12.1 Å². The Labute approximate surface area is 146 Å². The highest BCUT2D eigenvalue weighted by atomic mass is 19.3. The molecular weight excluding hydrogens is 335 g/mol. The lowest BCUT2D eigenvalue weighted by molar-refractivity contribution is -0.159. The highest BCUT2D eigenvalue weighted by molar-refractivity contribution is 6.00. The number of Topliss-reactive ketones (excluding diaryl/α,β-unsaturated/α-hetero) is 1. The lowest BCUT2D eigenvalue weighted by Gasteiger charge is -2.21. The summed E-state index contributed by atoms with van der Waals surface area (Å²) in [6.07, 6.45) is -2.92. The van der Waals surface area contributed by atoms with Crippen molar-refractivity contribution in [3.63, 3.8) is 0 Å². The molecule has 0 aliphatic rings. The quantitative estimate of drug-likeness (QED) is 0.732. The minimum absolute atomic E-state index is 0. The van der Waals surface area contributed by atoms with Gasteiger partial charge in [-0.05, 0) is 24.1 Å². The van der Waals surface area contributed by atoms with Gasteiger partial charge in [0.15, 0.2) is 0 Å². The molecule has 1 amide bonds. The van der Waals surface area contributed by atoms with E-state index in [1.807, 2.05) is 6.92 Å². The molecule has 142 valence electrons. The minimum atomic E-state index is -3.28. The van der Waals surface area contributed by atoms with Crippen LogP contribution in [0.1, 0.15) is 59.1 Å². The maximum Gasteiger partial charge on any atom is 0.394 e. The maximum absolute atomic E-state index is 13.0. The van der Waals surface area contributed by atoms with Crippen LogP contribution in [0.4, 0.5) is 13.5 Å². The second kappa shape index (κ2) is 8.87. The average molecular weight is 361 g/mol. The van der Waals surface area contributed by atoms with Crippen LogP contribution in [-0.4, -0.2) is 17.8 Å². The molecule has 0 spiro atoms. The molecule has 25 heavy (non-hydrogen) atoms. The molecule has 7 heteroatoms. The standard InChI is InChI=1S/C18H25F2NO3.FH/c1-6-14(21-16(23)11-15(22)17(2,3)4)12-8-7-9-13(10-12)24-18(5,19)20;/h7-10,14H,6,11H2,1-5H3,(H,21,23);1H/t14-;/m0./s1. The van der Waals surface area contributed by atoms with E-state index >= 15 is 0 Å². The minimum Gasteiger partial charge on any atom is -0.433 e. The zero-order chi connectivity index (χ0) is 18.5. The predicted octanol–water partition coefficient (Wildman–Crippen LogP) is 4.40. The van der Waals surface area contributed by atoms with Gasteiger partial charge in [-0.15, -0.1) is 0 Å². The Morgan fingerprint density at radius 2 is 1.80 bits per heavy atom. The fourth-order valence-electron chi connectivity index (χ4n) is 2.08. The van der Waals surface area contributed by atoms with Gasteiger partial charge in [-0.2, -0.15) is 8.78 Å². The first-order valence-corrected chi connectivity index (χ1v) is 7.92. The Hall–Kier alpha value is -2.05. The predicted molar refractivity (Wildman–Crippen MR) is 90.4 cm³/mol. The molecule has 1 N–H and O–H groups in total. The van der Waals surface area contributed by atoms with Crippen LogP contribution in [0.2, 0.25) is 0 Å². The van der Waals surface area contributed by atoms with E-state index in [9.17, 15) is 18.4 Å². The van der Waals surface area contributed by atoms with E-state index < -0.39 is 11.5 Å². The Bertz CT molecular complexity index is 592. The molecule has 1 aromatic rings. The van der Waals surface area contributed by atoms with Crippen LogP contribution in [0.5, 0.6) is 5.75 Å². The summed E-state index contributed by atoms with van der Waals surface area (Å²) in [5.74, 6) is -0.509. The van der Waals surface area contributed by atoms with Gasteiger partial charge < -0.3 is 10.1 Å². The van der Waals surface area contributed by atoms with Crippen molar-refractivity contribution >= 4 is 11.7 Å². The highest BCUT2D eigenvalue weighted by Crippen LogP contribution is 2.26. The summed E-state index contributed by atoms with van der Waals surface area (Å²) < 4.78 is 30.5. The Balaban J connectivity index is 0.00000576. The maximum atomic E-state index is 13.0. The van der Waals surface area contributed by atoms with E-state index in [1.54, 1.807) is 32.9 Å². The Kier molecular flexibility index (Phi) is 8.15. The van der Waals surface area contributed by atoms with Crippen molar-refractivity contribution in [1.29, 1.82) is 0 Å². The number of ether oxygens (including phenoxy) is 1. The summed E-state index contributed by atoms with van der Waals surface area (Å²) in [4.78, 5) is 24.0. The monoisotopic (exact) mass is 361 g/mol. The largest absolute Gasteiger partial charge is 0.433 e. The summed E-state index contributed by atoms with van der Waals surface area (Å²) in [6.45, 7) is 7.79. The molecule has 0 aliphatic carbocycles. The molecule has 0 radical (unpaired) electrons. The fraction of sp³-hybridized carbons (Fsp3) is 0.556. The SMILES string of the molecule is CC[C@H](NC(=O)CC(=O)C(C)(C)C)c1cccc(OC(C)(F)F)c1.F. The van der Waals surface area contributed by atoms with Crippen molar-refractivity contribution in [2.24, 2.45) is 5.41 Å². The van der Waals surface area contributed by atoms with Gasteiger partial charge in [-0.25, -0.2) is 0 Å². The number of amides is 1. The fourth-order valence-corrected chi connectivity index (χ4v) is 2.08. The summed E-state index contributed by atoms with van der Waals surface area (Å²) in [6, 6.07) is 5.83. The van der Waals surface area contributed by atoms with Gasteiger partial charge in [0.2, 0.25) is 5.91 Å². The number of carbonyl (C=O) groups excluding carboxylic acids is 2. The van der Waals surface area contributed by atoms with Crippen LogP contribution in [0.25, 0.3) is 0 Å². The van der Waals surface area contributed by atoms with E-state index in [2.05, 4.69) is 10.1 Å². The number of ketones is 1. The molecule has 1 aromatic carbocycles. The third-order valence-electron chi connectivity index (χ3n) is 3.46. The molecule has 0 aromatic heterocycles. The molecule has 1 atom stereocenters. The van der Waals surface area contributed by atoms with Crippen LogP contribution >= 0.6 is 0 Å². The zero-order valence-corrected chi connectivity index (χ0v) is 15.2. The molecule has 1 rings (SSSR count). The van der Waals surface area contributed by atoms with Crippen LogP contribution in [-0.2, 0) is 9.59 Å². The number of rotatable bonds is 7. The number of hydrogen-bond donors (Lipinski definition) is 1. The normalized spacial score (nSPS) is 12.8. The van der Waals surface area contributed by atoms with Crippen molar-refractivity contribution in [2.45, 2.75) is 59.6 Å². The van der Waals surface area contributed by atoms with Gasteiger partial charge in [-0.3, -0.25) is 14.3 Å². The van der Waals surface area contributed by atoms with Crippen molar-refractivity contribution in [1.82, 2.24) is 5.32 Å². The molecule has 0 aliphatic heterocycles. The van der Waals surface area contributed by atoms with E-state index in [4.69, 9.17) is 0 Å². The molecule has 0 saturated heterocycles. The van der Waals surface area contributed by atoms with Gasteiger partial charge in [0.25, 0.3) is 0 Å². The molecule has 0 bridgehead atoms. The molecule has 0 saturated carbocycles. The number of nitrogens with one attached hydrogen (secondary N) is 1. The topological polar surface area (TPSA) is 55.4 Å². The molecule has 4 nitrogen and oxygen atoms in total. The van der Waals surface area contributed by atoms with Crippen LogP contribution in [0.15, 0.2) is 24.3 Å². The van der Waals surface area contributed by atoms with Crippen molar-refractivity contribution < 1.29 is 27.8 Å². The first-order valence-electron chi connectivity index (χ1n) is 7.92. The summed E-state index contributed by atoms with van der Waals surface area (Å²) >= 11 is 0. The van der Waals surface area contributed by atoms with E-state index in [0.717, 1.165) is 0 Å². The van der Waals surface area contributed by atoms with Gasteiger partial charge >= 0.3 is 6.11 Å². The van der Waals surface area contributed by atoms with Crippen molar-refractivity contribution in [2.75, 3.05) is 0 Å².